The van der Waals surface area contributed by atoms with Crippen molar-refractivity contribution in [2.45, 2.75) is 37.6 Å². The van der Waals surface area contributed by atoms with E-state index in [9.17, 15) is 18.0 Å². The van der Waals surface area contributed by atoms with Crippen molar-refractivity contribution in [1.82, 2.24) is 0 Å². The van der Waals surface area contributed by atoms with Crippen LogP contribution in [0.15, 0.2) is 0 Å². The molecule has 0 fully saturated rings. The van der Waals surface area contributed by atoms with Crippen LogP contribution in [0.3, 0.4) is 0 Å². The number of halogens is 3. The Bertz CT molecular complexity index is 163. The van der Waals surface area contributed by atoms with Gasteiger partial charge < -0.3 is 0 Å². The smallest absolute Gasteiger partial charge is 0.290 e. The summed E-state index contributed by atoms with van der Waals surface area (Å²) in [4.78, 5) is 10.5. The van der Waals surface area contributed by atoms with Crippen LogP contribution in [0.5, 0.6) is 0 Å². The topological polar surface area (TPSA) is 17.1 Å². The first-order valence-electron chi connectivity index (χ1n) is 4.04. The Kier molecular flexibility index (Phi) is 5.44. The average Bonchev–Trinajstić information content (AvgIpc) is 2.04. The molecule has 1 unspecified atom stereocenters. The van der Waals surface area contributed by atoms with Crippen LogP contribution in [0.4, 0.5) is 13.2 Å². The summed E-state index contributed by atoms with van der Waals surface area (Å²) in [6, 6.07) is 0. The van der Waals surface area contributed by atoms with Gasteiger partial charge in [-0.1, -0.05) is 6.92 Å². The summed E-state index contributed by atoms with van der Waals surface area (Å²) >= 11 is 1.50. The second-order valence-electron chi connectivity index (χ2n) is 2.73. The number of thioether (sulfide) groups is 1. The molecule has 0 aliphatic carbocycles. The molecule has 0 aromatic rings. The molecular formula is C8H13F3OS. The lowest BCUT2D eigenvalue weighted by atomic mass is 10.1. The highest BCUT2D eigenvalue weighted by atomic mass is 32.2. The molecule has 13 heavy (non-hydrogen) atoms. The average molecular weight is 214 g/mol. The Labute approximate surface area is 80.1 Å². The Morgan fingerprint density at radius 3 is 2.31 bits per heavy atom. The van der Waals surface area contributed by atoms with Gasteiger partial charge in [-0.05, 0) is 19.1 Å². The van der Waals surface area contributed by atoms with Gasteiger partial charge >= 0.3 is 6.18 Å². The van der Waals surface area contributed by atoms with E-state index >= 15 is 0 Å². The fourth-order valence-corrected chi connectivity index (χ4v) is 1.61. The molecular weight excluding hydrogens is 201 g/mol. The molecule has 0 spiro atoms. The van der Waals surface area contributed by atoms with E-state index in [4.69, 9.17) is 0 Å². The van der Waals surface area contributed by atoms with Crippen molar-refractivity contribution in [3.63, 3.8) is 0 Å². The maximum Gasteiger partial charge on any atom is 0.449 e. The zero-order valence-electron chi connectivity index (χ0n) is 7.65. The van der Waals surface area contributed by atoms with Crippen molar-refractivity contribution in [2.24, 2.45) is 0 Å². The van der Waals surface area contributed by atoms with Gasteiger partial charge in [-0.2, -0.15) is 24.9 Å². The zero-order chi connectivity index (χ0) is 10.5. The molecule has 0 radical (unpaired) electrons. The number of hydrogen-bond donors (Lipinski definition) is 0. The highest BCUT2D eigenvalue weighted by molar-refractivity contribution is 7.99. The van der Waals surface area contributed by atoms with Gasteiger partial charge in [0.15, 0.2) is 0 Å². The summed E-state index contributed by atoms with van der Waals surface area (Å²) < 4.78 is 35.3. The molecule has 1 atom stereocenters. The van der Waals surface area contributed by atoms with E-state index in [0.29, 0.717) is 6.42 Å². The van der Waals surface area contributed by atoms with Crippen LogP contribution < -0.4 is 0 Å². The van der Waals surface area contributed by atoms with Gasteiger partial charge in [0, 0.05) is 11.7 Å². The normalized spacial score (nSPS) is 14.2. The molecule has 1 nitrogen and oxygen atoms in total. The highest BCUT2D eigenvalue weighted by Gasteiger charge is 2.37. The number of hydrogen-bond acceptors (Lipinski definition) is 2. The van der Waals surface area contributed by atoms with E-state index in [1.54, 1.807) is 0 Å². The molecule has 0 heterocycles. The van der Waals surface area contributed by atoms with Gasteiger partial charge in [0.25, 0.3) is 0 Å². The Balaban J connectivity index is 3.82. The fraction of sp³-hybridized carbons (Fsp3) is 0.875. The molecule has 0 amide bonds. The van der Waals surface area contributed by atoms with Gasteiger partial charge in [0.2, 0.25) is 5.78 Å². The van der Waals surface area contributed by atoms with Gasteiger partial charge in [-0.25, -0.2) is 0 Å². The van der Waals surface area contributed by atoms with E-state index in [1.807, 2.05) is 13.2 Å². The minimum Gasteiger partial charge on any atom is -0.290 e. The van der Waals surface area contributed by atoms with Crippen molar-refractivity contribution in [3.8, 4) is 0 Å². The van der Waals surface area contributed by atoms with E-state index in [2.05, 4.69) is 0 Å². The SMILES string of the molecule is CCC(CCC(=O)C(F)(F)F)SC. The molecule has 0 N–H and O–H groups in total. The lowest BCUT2D eigenvalue weighted by molar-refractivity contribution is -0.171. The highest BCUT2D eigenvalue weighted by Crippen LogP contribution is 2.22. The van der Waals surface area contributed by atoms with Crippen LogP contribution >= 0.6 is 11.8 Å². The molecule has 0 saturated carbocycles. The summed E-state index contributed by atoms with van der Waals surface area (Å²) in [6.45, 7) is 1.90. The second-order valence-corrected chi connectivity index (χ2v) is 3.86. The van der Waals surface area contributed by atoms with Crippen LogP contribution in [-0.4, -0.2) is 23.5 Å². The van der Waals surface area contributed by atoms with Crippen molar-refractivity contribution in [1.29, 1.82) is 0 Å². The van der Waals surface area contributed by atoms with Crippen LogP contribution in [0.1, 0.15) is 26.2 Å². The lowest BCUT2D eigenvalue weighted by Crippen LogP contribution is -2.23. The maximum absolute atomic E-state index is 11.8. The molecule has 5 heteroatoms. The second kappa shape index (κ2) is 5.52. The Hall–Kier alpha value is -0.190. The monoisotopic (exact) mass is 214 g/mol. The van der Waals surface area contributed by atoms with Crippen molar-refractivity contribution < 1.29 is 18.0 Å². The van der Waals surface area contributed by atoms with Crippen LogP contribution in [-0.2, 0) is 4.79 Å². The molecule has 0 aliphatic heterocycles. The van der Waals surface area contributed by atoms with Crippen LogP contribution in [0.25, 0.3) is 0 Å². The first kappa shape index (κ1) is 12.8. The summed E-state index contributed by atoms with van der Waals surface area (Å²) in [5.74, 6) is -1.61. The third-order valence-electron chi connectivity index (χ3n) is 1.80. The minimum atomic E-state index is -4.66. The van der Waals surface area contributed by atoms with Gasteiger partial charge in [0.1, 0.15) is 0 Å². The maximum atomic E-state index is 11.8. The van der Waals surface area contributed by atoms with Crippen molar-refractivity contribution >= 4 is 17.5 Å². The predicted octanol–water partition coefficient (Wildman–Crippen LogP) is 3.04. The van der Waals surface area contributed by atoms with E-state index in [-0.39, 0.29) is 11.7 Å². The molecule has 0 saturated heterocycles. The summed E-state index contributed by atoms with van der Waals surface area (Å²) in [6.07, 6.45) is -2.09. The predicted molar refractivity (Wildman–Crippen MR) is 47.9 cm³/mol. The summed E-state index contributed by atoms with van der Waals surface area (Å²) in [5.41, 5.74) is 0. The fourth-order valence-electron chi connectivity index (χ4n) is 0.922. The largest absolute Gasteiger partial charge is 0.449 e. The first-order valence-corrected chi connectivity index (χ1v) is 5.33. The Morgan fingerprint density at radius 2 is 2.00 bits per heavy atom. The van der Waals surface area contributed by atoms with Crippen molar-refractivity contribution in [2.75, 3.05) is 6.26 Å². The molecule has 0 aromatic heterocycles. The molecule has 0 aromatic carbocycles. The van der Waals surface area contributed by atoms with Gasteiger partial charge in [0.05, 0.1) is 0 Å². The lowest BCUT2D eigenvalue weighted by Gasteiger charge is -2.11. The number of ketones is 1. The zero-order valence-corrected chi connectivity index (χ0v) is 8.47. The quantitative estimate of drug-likeness (QED) is 0.699. The number of carbonyl (C=O) groups excluding carboxylic acids is 1. The molecule has 78 valence electrons. The molecule has 0 rings (SSSR count). The Morgan fingerprint density at radius 1 is 1.46 bits per heavy atom. The number of carbonyl (C=O) groups is 1. The van der Waals surface area contributed by atoms with Gasteiger partial charge in [-0.3, -0.25) is 4.79 Å². The number of rotatable bonds is 5. The van der Waals surface area contributed by atoms with Crippen LogP contribution in [0, 0.1) is 0 Å². The van der Waals surface area contributed by atoms with E-state index in [0.717, 1.165) is 6.42 Å². The minimum absolute atomic E-state index is 0.159. The van der Waals surface area contributed by atoms with Crippen LogP contribution in [0.2, 0.25) is 0 Å². The number of Topliss-reactive ketones (excluding diaryl/α,β-unsaturated/α-hetero) is 1. The van der Waals surface area contributed by atoms with Gasteiger partial charge in [-0.15, -0.1) is 0 Å². The first-order chi connectivity index (χ1) is 5.91. The van der Waals surface area contributed by atoms with E-state index in [1.165, 1.54) is 11.8 Å². The molecule has 0 bridgehead atoms. The standard InChI is InChI=1S/C8H13F3OS/c1-3-6(13-2)4-5-7(12)8(9,10)11/h6H,3-5H2,1-2H3. The third-order valence-corrected chi connectivity index (χ3v) is 3.03. The summed E-state index contributed by atoms with van der Waals surface area (Å²) in [5, 5.41) is 0.159. The summed E-state index contributed by atoms with van der Waals surface area (Å²) in [7, 11) is 0. The number of alkyl halides is 3. The molecule has 0 aliphatic rings. The van der Waals surface area contributed by atoms with Crippen molar-refractivity contribution in [3.05, 3.63) is 0 Å². The third kappa shape index (κ3) is 5.18. The van der Waals surface area contributed by atoms with E-state index < -0.39 is 12.0 Å².